The summed E-state index contributed by atoms with van der Waals surface area (Å²) < 4.78 is 24.8. The molecule has 0 fully saturated rings. The van der Waals surface area contributed by atoms with E-state index in [-0.39, 0.29) is 11.9 Å². The molecule has 0 bridgehead atoms. The molecule has 1 aromatic heterocycles. The molecule has 1 aliphatic rings. The Morgan fingerprint density at radius 2 is 2.09 bits per heavy atom. The van der Waals surface area contributed by atoms with E-state index in [1.165, 1.54) is 6.07 Å². The lowest BCUT2D eigenvalue weighted by Crippen LogP contribution is -2.06. The number of rotatable bonds is 1. The molecule has 7 nitrogen and oxygen atoms in total. The molecule has 0 unspecified atom stereocenters. The van der Waals surface area contributed by atoms with Crippen LogP contribution in [0.5, 0.6) is 0 Å². The summed E-state index contributed by atoms with van der Waals surface area (Å²) in [5, 5.41) is 8.71. The number of nitrogens with zero attached hydrogens (tertiary/aromatic N) is 3. The number of halogens is 1. The Morgan fingerprint density at radius 1 is 1.41 bits per heavy atom. The fraction of sp³-hybridized carbons (Fsp3) is 0.231. The number of imidazole rings is 1. The van der Waals surface area contributed by atoms with Crippen molar-refractivity contribution in [3.63, 3.8) is 0 Å². The molecule has 22 heavy (non-hydrogen) atoms. The first-order chi connectivity index (χ1) is 10.3. The number of benzene rings is 1. The van der Waals surface area contributed by atoms with Crippen molar-refractivity contribution in [3.8, 4) is 6.07 Å². The maximum Gasteiger partial charge on any atom is 0.466 e. The molecular weight excluding hydrogens is 312 g/mol. The van der Waals surface area contributed by atoms with Gasteiger partial charge < -0.3 is 19.2 Å². The lowest BCUT2D eigenvalue weighted by atomic mass is 10.0. The van der Waals surface area contributed by atoms with Crippen LogP contribution in [0, 0.1) is 17.1 Å². The van der Waals surface area contributed by atoms with E-state index in [9.17, 15) is 4.39 Å². The van der Waals surface area contributed by atoms with E-state index < -0.39 is 7.82 Å². The lowest BCUT2D eigenvalue weighted by molar-refractivity contribution is 0.275. The fourth-order valence-corrected chi connectivity index (χ4v) is 2.40. The first kappa shape index (κ1) is 16.3. The van der Waals surface area contributed by atoms with Gasteiger partial charge in [0.05, 0.1) is 24.0 Å². The van der Waals surface area contributed by atoms with Crippen molar-refractivity contribution in [1.82, 2.24) is 9.55 Å². The van der Waals surface area contributed by atoms with Gasteiger partial charge in [-0.2, -0.15) is 5.26 Å². The minimum atomic E-state index is -4.64. The molecule has 3 rings (SSSR count). The van der Waals surface area contributed by atoms with Gasteiger partial charge in [-0.25, -0.2) is 13.9 Å². The number of nitriles is 1. The molecule has 3 N–H and O–H groups in total. The lowest BCUT2D eigenvalue weighted by Gasteiger charge is -2.14. The summed E-state index contributed by atoms with van der Waals surface area (Å²) in [6.45, 7) is 0. The van der Waals surface area contributed by atoms with Gasteiger partial charge in [-0.1, -0.05) is 6.07 Å². The topological polar surface area (TPSA) is 119 Å². The van der Waals surface area contributed by atoms with Crippen LogP contribution in [0.1, 0.15) is 29.3 Å². The van der Waals surface area contributed by atoms with Crippen molar-refractivity contribution in [3.05, 3.63) is 53.4 Å². The Morgan fingerprint density at radius 3 is 2.68 bits per heavy atom. The van der Waals surface area contributed by atoms with Crippen LogP contribution in [0.4, 0.5) is 4.39 Å². The molecule has 0 saturated carbocycles. The van der Waals surface area contributed by atoms with E-state index in [4.69, 9.17) is 24.5 Å². The van der Waals surface area contributed by atoms with Gasteiger partial charge in [0.2, 0.25) is 0 Å². The summed E-state index contributed by atoms with van der Waals surface area (Å²) in [6.07, 6.45) is 5.37. The van der Waals surface area contributed by atoms with E-state index in [0.717, 1.165) is 18.5 Å². The molecule has 1 aliphatic heterocycles. The number of fused-ring (bicyclic) bond motifs is 1. The predicted molar refractivity (Wildman–Crippen MR) is 74.1 cm³/mol. The number of hydrogen-bond donors (Lipinski definition) is 3. The molecule has 1 aromatic carbocycles. The summed E-state index contributed by atoms with van der Waals surface area (Å²) in [7, 11) is -4.64. The molecule has 0 aliphatic carbocycles. The van der Waals surface area contributed by atoms with E-state index in [0.29, 0.717) is 11.1 Å². The predicted octanol–water partition coefficient (Wildman–Crippen LogP) is 1.50. The van der Waals surface area contributed by atoms with Crippen LogP contribution in [-0.4, -0.2) is 24.2 Å². The second kappa shape index (κ2) is 6.38. The van der Waals surface area contributed by atoms with E-state index in [1.807, 2.05) is 16.8 Å². The van der Waals surface area contributed by atoms with E-state index >= 15 is 0 Å². The Bertz CT molecular complexity index is 757. The monoisotopic (exact) mass is 325 g/mol. The van der Waals surface area contributed by atoms with E-state index in [2.05, 4.69) is 4.98 Å². The van der Waals surface area contributed by atoms with Crippen molar-refractivity contribution in [2.75, 3.05) is 0 Å². The minimum Gasteiger partial charge on any atom is -0.327 e. The number of phosphoric acid groups is 1. The molecule has 0 amide bonds. The highest BCUT2D eigenvalue weighted by molar-refractivity contribution is 7.45. The third kappa shape index (κ3) is 4.00. The molecule has 0 saturated heterocycles. The van der Waals surface area contributed by atoms with Crippen LogP contribution in [0.2, 0.25) is 0 Å². The van der Waals surface area contributed by atoms with Gasteiger partial charge in [-0.05, 0) is 25.0 Å². The Kier molecular flexibility index (Phi) is 4.74. The Labute approximate surface area is 125 Å². The van der Waals surface area contributed by atoms with Crippen molar-refractivity contribution in [1.29, 1.82) is 5.26 Å². The van der Waals surface area contributed by atoms with Crippen LogP contribution >= 0.6 is 7.82 Å². The molecule has 2 heterocycles. The molecule has 0 spiro atoms. The van der Waals surface area contributed by atoms with Crippen molar-refractivity contribution < 1.29 is 23.6 Å². The van der Waals surface area contributed by atoms with Crippen LogP contribution in [0.3, 0.4) is 0 Å². The van der Waals surface area contributed by atoms with Crippen LogP contribution in [0.25, 0.3) is 0 Å². The summed E-state index contributed by atoms with van der Waals surface area (Å²) in [4.78, 5) is 25.6. The molecule has 9 heteroatoms. The number of aromatic nitrogens is 2. The molecule has 0 radical (unpaired) electrons. The summed E-state index contributed by atoms with van der Waals surface area (Å²) in [6, 6.07) is 6.61. The summed E-state index contributed by atoms with van der Waals surface area (Å²) in [5.41, 5.74) is 2.13. The zero-order chi connectivity index (χ0) is 16.3. The van der Waals surface area contributed by atoms with Gasteiger partial charge in [-0.15, -0.1) is 0 Å². The highest BCUT2D eigenvalue weighted by atomic mass is 31.2. The van der Waals surface area contributed by atoms with Gasteiger partial charge in [-0.3, -0.25) is 0 Å². The second-order valence-electron chi connectivity index (χ2n) is 4.71. The standard InChI is InChI=1S/C13H10FN3.H3O4P/c14-12-5-9(6-15)1-3-11(12)13-4-2-10-7-16-8-17(10)13;1-5(2,3)4/h1,3,5,7-8,13H,2,4H2;(H3,1,2,3,4)/t13-;/m0./s1. The van der Waals surface area contributed by atoms with Gasteiger partial charge in [0.15, 0.2) is 0 Å². The fourth-order valence-electron chi connectivity index (χ4n) is 2.40. The normalized spacial score (nSPS) is 16.4. The summed E-state index contributed by atoms with van der Waals surface area (Å²) >= 11 is 0. The first-order valence-electron chi connectivity index (χ1n) is 6.28. The average Bonchev–Trinajstić information content (AvgIpc) is 2.99. The molecule has 2 aromatic rings. The molecular formula is C13H13FN3O4P. The quantitative estimate of drug-likeness (QED) is 0.684. The highest BCUT2D eigenvalue weighted by Crippen LogP contribution is 2.32. The zero-order valence-electron chi connectivity index (χ0n) is 11.3. The van der Waals surface area contributed by atoms with Crippen molar-refractivity contribution in [2.24, 2.45) is 0 Å². The van der Waals surface area contributed by atoms with Gasteiger partial charge in [0.1, 0.15) is 5.82 Å². The van der Waals surface area contributed by atoms with Crippen molar-refractivity contribution in [2.45, 2.75) is 18.9 Å². The van der Waals surface area contributed by atoms with Gasteiger partial charge >= 0.3 is 7.82 Å². The van der Waals surface area contributed by atoms with E-state index in [1.54, 1.807) is 18.5 Å². The Hall–Kier alpha value is -2.04. The SMILES string of the molecule is N#Cc1ccc([C@@H]2CCc3cncn32)c(F)c1.O=P(O)(O)O. The van der Waals surface area contributed by atoms with Crippen LogP contribution < -0.4 is 0 Å². The van der Waals surface area contributed by atoms with Gasteiger partial charge in [0, 0.05) is 17.5 Å². The number of aryl methyl sites for hydroxylation is 1. The second-order valence-corrected chi connectivity index (χ2v) is 5.73. The first-order valence-corrected chi connectivity index (χ1v) is 7.84. The van der Waals surface area contributed by atoms with Crippen molar-refractivity contribution >= 4 is 7.82 Å². The minimum absolute atomic E-state index is 0.0141. The summed E-state index contributed by atoms with van der Waals surface area (Å²) in [5.74, 6) is -0.310. The van der Waals surface area contributed by atoms with Gasteiger partial charge in [0.25, 0.3) is 0 Å². The molecule has 116 valence electrons. The average molecular weight is 325 g/mol. The third-order valence-corrected chi connectivity index (χ3v) is 3.24. The highest BCUT2D eigenvalue weighted by Gasteiger charge is 2.25. The maximum atomic E-state index is 13.9. The zero-order valence-corrected chi connectivity index (χ0v) is 12.2. The third-order valence-electron chi connectivity index (χ3n) is 3.24. The molecule has 1 atom stereocenters. The smallest absolute Gasteiger partial charge is 0.327 e. The maximum absolute atomic E-state index is 13.9. The Balaban J connectivity index is 0.000000309. The largest absolute Gasteiger partial charge is 0.466 e. The van der Waals surface area contributed by atoms with Crippen LogP contribution in [0.15, 0.2) is 30.7 Å². The van der Waals surface area contributed by atoms with Crippen LogP contribution in [-0.2, 0) is 11.0 Å². The number of hydrogen-bond acceptors (Lipinski definition) is 3.